The number of rotatable bonds is 8. The molecule has 1 N–H and O–H groups in total. The Hall–Kier alpha value is -2.82. The molecule has 0 fully saturated rings. The van der Waals surface area contributed by atoms with E-state index in [-0.39, 0.29) is 30.9 Å². The van der Waals surface area contributed by atoms with Gasteiger partial charge in [0.25, 0.3) is 5.91 Å². The smallest absolute Gasteiger partial charge is 0.307 e. The lowest BCUT2D eigenvalue weighted by Crippen LogP contribution is -2.28. The predicted octanol–water partition coefficient (Wildman–Crippen LogP) is 3.34. The number of amides is 1. The summed E-state index contributed by atoms with van der Waals surface area (Å²) in [5, 5.41) is 2.75. The molecule has 1 amide bonds. The zero-order valence-electron chi connectivity index (χ0n) is 14.5. The van der Waals surface area contributed by atoms with Crippen molar-refractivity contribution in [3.63, 3.8) is 0 Å². The molecular formula is C20H23NO4. The van der Waals surface area contributed by atoms with Crippen LogP contribution in [0.15, 0.2) is 54.6 Å². The summed E-state index contributed by atoms with van der Waals surface area (Å²) in [4.78, 5) is 23.9. The summed E-state index contributed by atoms with van der Waals surface area (Å²) in [5.74, 6) is 0.190. The fourth-order valence-corrected chi connectivity index (χ4v) is 2.24. The molecule has 5 nitrogen and oxygen atoms in total. The third kappa shape index (κ3) is 6.30. The van der Waals surface area contributed by atoms with Crippen LogP contribution in [-0.2, 0) is 16.1 Å². The molecule has 0 radical (unpaired) electrons. The lowest BCUT2D eigenvalue weighted by atomic mass is 10.1. The molecule has 0 bridgehead atoms. The van der Waals surface area contributed by atoms with Crippen LogP contribution in [0.1, 0.15) is 36.2 Å². The summed E-state index contributed by atoms with van der Waals surface area (Å²) in [7, 11) is 0. The molecule has 132 valence electrons. The van der Waals surface area contributed by atoms with E-state index in [0.29, 0.717) is 12.2 Å². The molecule has 5 heteroatoms. The first-order valence-corrected chi connectivity index (χ1v) is 8.29. The largest absolute Gasteiger partial charge is 0.489 e. The predicted molar refractivity (Wildman–Crippen MR) is 95.4 cm³/mol. The van der Waals surface area contributed by atoms with Crippen molar-refractivity contribution in [1.29, 1.82) is 0 Å². The second-order valence-corrected chi connectivity index (χ2v) is 5.80. The van der Waals surface area contributed by atoms with Crippen molar-refractivity contribution >= 4 is 11.9 Å². The molecule has 2 aromatic carbocycles. The van der Waals surface area contributed by atoms with Crippen LogP contribution < -0.4 is 10.1 Å². The standard InChI is InChI=1S/C20H23NO4/c1-15(2)25-19(22)12-13-21-20(23)18-11-7-6-8-16(18)14-24-17-9-4-3-5-10-17/h3-11,15H,12-14H2,1-2H3,(H,21,23). The van der Waals surface area contributed by atoms with Gasteiger partial charge in [0.2, 0.25) is 0 Å². The molecule has 0 aliphatic heterocycles. The SMILES string of the molecule is CC(C)OC(=O)CCNC(=O)c1ccccc1COc1ccccc1. The van der Waals surface area contributed by atoms with Gasteiger partial charge in [-0.15, -0.1) is 0 Å². The van der Waals surface area contributed by atoms with Gasteiger partial charge in [0.1, 0.15) is 12.4 Å². The quantitative estimate of drug-likeness (QED) is 0.748. The van der Waals surface area contributed by atoms with E-state index in [4.69, 9.17) is 9.47 Å². The summed E-state index contributed by atoms with van der Waals surface area (Å²) in [6.45, 7) is 4.11. The van der Waals surface area contributed by atoms with Crippen LogP contribution >= 0.6 is 0 Å². The van der Waals surface area contributed by atoms with Crippen LogP contribution in [0.5, 0.6) is 5.75 Å². The summed E-state index contributed by atoms with van der Waals surface area (Å²) < 4.78 is 10.8. The van der Waals surface area contributed by atoms with Crippen LogP contribution in [0.25, 0.3) is 0 Å². The topological polar surface area (TPSA) is 64.6 Å². The number of benzene rings is 2. The molecule has 0 unspecified atom stereocenters. The molecular weight excluding hydrogens is 318 g/mol. The Bertz CT molecular complexity index is 698. The Balaban J connectivity index is 1.90. The monoisotopic (exact) mass is 341 g/mol. The minimum atomic E-state index is -0.323. The van der Waals surface area contributed by atoms with Crippen molar-refractivity contribution in [2.75, 3.05) is 6.54 Å². The lowest BCUT2D eigenvalue weighted by Gasteiger charge is -2.12. The first-order valence-electron chi connectivity index (χ1n) is 8.29. The van der Waals surface area contributed by atoms with Crippen molar-refractivity contribution in [1.82, 2.24) is 5.32 Å². The highest BCUT2D eigenvalue weighted by Crippen LogP contribution is 2.14. The van der Waals surface area contributed by atoms with E-state index in [2.05, 4.69) is 5.32 Å². The maximum Gasteiger partial charge on any atom is 0.307 e. The minimum absolute atomic E-state index is 0.145. The highest BCUT2D eigenvalue weighted by Gasteiger charge is 2.12. The zero-order chi connectivity index (χ0) is 18.1. The molecule has 0 spiro atoms. The van der Waals surface area contributed by atoms with Gasteiger partial charge in [-0.05, 0) is 32.0 Å². The van der Waals surface area contributed by atoms with Crippen molar-refractivity contribution in [2.24, 2.45) is 0 Å². The van der Waals surface area contributed by atoms with Gasteiger partial charge in [-0.2, -0.15) is 0 Å². The fraction of sp³-hybridized carbons (Fsp3) is 0.300. The number of hydrogen-bond donors (Lipinski definition) is 1. The Morgan fingerprint density at radius 3 is 2.40 bits per heavy atom. The third-order valence-corrected chi connectivity index (χ3v) is 3.38. The van der Waals surface area contributed by atoms with Gasteiger partial charge in [-0.1, -0.05) is 36.4 Å². The highest BCUT2D eigenvalue weighted by molar-refractivity contribution is 5.95. The number of nitrogens with one attached hydrogen (secondary N) is 1. The molecule has 0 heterocycles. The van der Waals surface area contributed by atoms with Gasteiger partial charge < -0.3 is 14.8 Å². The third-order valence-electron chi connectivity index (χ3n) is 3.38. The van der Waals surface area contributed by atoms with E-state index in [0.717, 1.165) is 11.3 Å². The van der Waals surface area contributed by atoms with Gasteiger partial charge in [0.05, 0.1) is 12.5 Å². The minimum Gasteiger partial charge on any atom is -0.489 e. The maximum absolute atomic E-state index is 12.4. The molecule has 25 heavy (non-hydrogen) atoms. The second kappa shape index (κ2) is 9.47. The molecule has 0 atom stereocenters. The molecule has 2 rings (SSSR count). The van der Waals surface area contributed by atoms with E-state index in [1.54, 1.807) is 26.0 Å². The number of hydrogen-bond acceptors (Lipinski definition) is 4. The van der Waals surface area contributed by atoms with Gasteiger partial charge in [-0.25, -0.2) is 0 Å². The average Bonchev–Trinajstić information content (AvgIpc) is 2.60. The molecule has 0 aliphatic carbocycles. The Kier molecular flexibility index (Phi) is 7.01. The summed E-state index contributed by atoms with van der Waals surface area (Å²) >= 11 is 0. The van der Waals surface area contributed by atoms with Crippen molar-refractivity contribution < 1.29 is 19.1 Å². The molecule has 2 aromatic rings. The number of para-hydroxylation sites is 1. The second-order valence-electron chi connectivity index (χ2n) is 5.80. The van der Waals surface area contributed by atoms with E-state index in [9.17, 15) is 9.59 Å². The van der Waals surface area contributed by atoms with Gasteiger partial charge in [-0.3, -0.25) is 9.59 Å². The van der Waals surface area contributed by atoms with E-state index in [1.807, 2.05) is 42.5 Å². The maximum atomic E-state index is 12.4. The van der Waals surface area contributed by atoms with Crippen molar-refractivity contribution in [2.45, 2.75) is 33.0 Å². The Labute approximate surface area is 148 Å². The summed E-state index contributed by atoms with van der Waals surface area (Å²) in [6, 6.07) is 16.7. The average molecular weight is 341 g/mol. The van der Waals surface area contributed by atoms with Gasteiger partial charge in [0, 0.05) is 17.7 Å². The van der Waals surface area contributed by atoms with Crippen LogP contribution in [0, 0.1) is 0 Å². The van der Waals surface area contributed by atoms with Crippen LogP contribution in [0.3, 0.4) is 0 Å². The highest BCUT2D eigenvalue weighted by atomic mass is 16.5. The van der Waals surface area contributed by atoms with E-state index < -0.39 is 0 Å². The molecule has 0 aliphatic rings. The lowest BCUT2D eigenvalue weighted by molar-refractivity contribution is -0.147. The summed E-state index contributed by atoms with van der Waals surface area (Å²) in [5.41, 5.74) is 1.32. The zero-order valence-corrected chi connectivity index (χ0v) is 14.5. The van der Waals surface area contributed by atoms with E-state index >= 15 is 0 Å². The fourth-order valence-electron chi connectivity index (χ4n) is 2.24. The van der Waals surface area contributed by atoms with Crippen molar-refractivity contribution in [3.8, 4) is 5.75 Å². The van der Waals surface area contributed by atoms with E-state index in [1.165, 1.54) is 0 Å². The Morgan fingerprint density at radius 2 is 1.68 bits per heavy atom. The molecule has 0 aromatic heterocycles. The van der Waals surface area contributed by atoms with Crippen molar-refractivity contribution in [3.05, 3.63) is 65.7 Å². The normalized spacial score (nSPS) is 10.4. The van der Waals surface area contributed by atoms with Crippen LogP contribution in [-0.4, -0.2) is 24.5 Å². The number of esters is 1. The summed E-state index contributed by atoms with van der Waals surface area (Å²) in [6.07, 6.45) is -0.00821. The first-order chi connectivity index (χ1) is 12.1. The van der Waals surface area contributed by atoms with Gasteiger partial charge in [0.15, 0.2) is 0 Å². The Morgan fingerprint density at radius 1 is 1.00 bits per heavy atom. The number of ether oxygens (including phenoxy) is 2. The van der Waals surface area contributed by atoms with Crippen LogP contribution in [0.4, 0.5) is 0 Å². The molecule has 0 saturated carbocycles. The molecule has 0 saturated heterocycles. The van der Waals surface area contributed by atoms with Crippen LogP contribution in [0.2, 0.25) is 0 Å². The number of carbonyl (C=O) groups is 2. The first kappa shape index (κ1) is 18.5. The number of carbonyl (C=O) groups excluding carboxylic acids is 2. The van der Waals surface area contributed by atoms with Gasteiger partial charge >= 0.3 is 5.97 Å².